The lowest BCUT2D eigenvalue weighted by molar-refractivity contribution is 0.294. The van der Waals surface area contributed by atoms with Crippen molar-refractivity contribution < 1.29 is 4.39 Å². The van der Waals surface area contributed by atoms with Crippen molar-refractivity contribution >= 4 is 15.9 Å². The van der Waals surface area contributed by atoms with Gasteiger partial charge in [-0.3, -0.25) is 0 Å². The van der Waals surface area contributed by atoms with Gasteiger partial charge >= 0.3 is 0 Å². The van der Waals surface area contributed by atoms with E-state index in [-0.39, 0.29) is 11.9 Å². The van der Waals surface area contributed by atoms with Crippen LogP contribution in [0, 0.1) is 23.6 Å². The summed E-state index contributed by atoms with van der Waals surface area (Å²) in [7, 11) is 0. The summed E-state index contributed by atoms with van der Waals surface area (Å²) in [5.74, 6) is 2.34. The van der Waals surface area contributed by atoms with Crippen molar-refractivity contribution in [3.05, 3.63) is 34.1 Å². The lowest BCUT2D eigenvalue weighted by Crippen LogP contribution is -2.20. The van der Waals surface area contributed by atoms with Crippen LogP contribution in [0.1, 0.15) is 43.7 Å². The highest BCUT2D eigenvalue weighted by Crippen LogP contribution is 2.50. The fraction of sp³-hybridized carbons (Fsp3) is 0.600. The molecule has 0 aliphatic heterocycles. The predicted octanol–water partition coefficient (Wildman–Crippen LogP) is 4.41. The Hall–Kier alpha value is -0.410. The molecule has 18 heavy (non-hydrogen) atoms. The topological polar surface area (TPSA) is 26.0 Å². The molecule has 0 amide bonds. The van der Waals surface area contributed by atoms with Crippen molar-refractivity contribution in [1.82, 2.24) is 0 Å². The molecule has 3 rings (SSSR count). The molecule has 0 heterocycles. The molecule has 2 fully saturated rings. The third-order valence-corrected chi connectivity index (χ3v) is 5.29. The maximum Gasteiger partial charge on any atom is 0.128 e. The van der Waals surface area contributed by atoms with E-state index >= 15 is 0 Å². The zero-order chi connectivity index (χ0) is 12.7. The van der Waals surface area contributed by atoms with Crippen molar-refractivity contribution in [2.24, 2.45) is 23.5 Å². The van der Waals surface area contributed by atoms with Crippen LogP contribution in [0.5, 0.6) is 0 Å². The molecule has 2 bridgehead atoms. The minimum atomic E-state index is -0.172. The predicted molar refractivity (Wildman–Crippen MR) is 74.6 cm³/mol. The molecular formula is C15H19BrFN. The van der Waals surface area contributed by atoms with Crippen LogP contribution >= 0.6 is 15.9 Å². The summed E-state index contributed by atoms with van der Waals surface area (Å²) in [6, 6.07) is 4.89. The van der Waals surface area contributed by atoms with E-state index in [9.17, 15) is 4.39 Å². The standard InChI is InChI=1S/C15H19BrFN/c16-12-3-4-14(17)13(8-12)15(18)7-11-6-9-1-2-10(11)5-9/h3-4,8-11,15H,1-2,5-7,18H2. The molecule has 1 nitrogen and oxygen atoms in total. The third kappa shape index (κ3) is 2.35. The Labute approximate surface area is 116 Å². The Morgan fingerprint density at radius 3 is 2.83 bits per heavy atom. The Balaban J connectivity index is 1.71. The van der Waals surface area contributed by atoms with E-state index in [4.69, 9.17) is 5.73 Å². The first kappa shape index (κ1) is 12.6. The van der Waals surface area contributed by atoms with Gasteiger partial charge in [-0.2, -0.15) is 0 Å². The fourth-order valence-electron chi connectivity index (χ4n) is 3.92. The number of nitrogens with two attached hydrogens (primary N) is 1. The van der Waals surface area contributed by atoms with Crippen LogP contribution in [-0.2, 0) is 0 Å². The van der Waals surface area contributed by atoms with Gasteiger partial charge in [-0.05, 0) is 61.6 Å². The SMILES string of the molecule is NC(CC1CC2CCC1C2)c1cc(Br)ccc1F. The maximum absolute atomic E-state index is 13.8. The van der Waals surface area contributed by atoms with Crippen LogP contribution in [0.4, 0.5) is 4.39 Å². The van der Waals surface area contributed by atoms with Gasteiger partial charge in [0.25, 0.3) is 0 Å². The lowest BCUT2D eigenvalue weighted by atomic mass is 9.83. The van der Waals surface area contributed by atoms with Gasteiger partial charge in [0.1, 0.15) is 5.82 Å². The summed E-state index contributed by atoms with van der Waals surface area (Å²) in [5, 5.41) is 0. The van der Waals surface area contributed by atoms with E-state index in [2.05, 4.69) is 15.9 Å². The van der Waals surface area contributed by atoms with Crippen LogP contribution in [0.25, 0.3) is 0 Å². The average molecular weight is 312 g/mol. The Morgan fingerprint density at radius 2 is 2.17 bits per heavy atom. The zero-order valence-electron chi connectivity index (χ0n) is 10.4. The summed E-state index contributed by atoms with van der Waals surface area (Å²) in [6.07, 6.45) is 6.41. The molecule has 98 valence electrons. The van der Waals surface area contributed by atoms with E-state index in [1.54, 1.807) is 6.07 Å². The van der Waals surface area contributed by atoms with Crippen molar-refractivity contribution in [2.75, 3.05) is 0 Å². The van der Waals surface area contributed by atoms with Crippen molar-refractivity contribution in [2.45, 2.75) is 38.1 Å². The molecule has 4 unspecified atom stereocenters. The molecule has 2 N–H and O–H groups in total. The molecule has 0 spiro atoms. The number of hydrogen-bond acceptors (Lipinski definition) is 1. The smallest absolute Gasteiger partial charge is 0.128 e. The third-order valence-electron chi connectivity index (χ3n) is 4.80. The minimum absolute atomic E-state index is 0.160. The number of rotatable bonds is 3. The van der Waals surface area contributed by atoms with E-state index < -0.39 is 0 Å². The highest BCUT2D eigenvalue weighted by atomic mass is 79.9. The number of halogens is 2. The highest BCUT2D eigenvalue weighted by Gasteiger charge is 2.40. The van der Waals surface area contributed by atoms with E-state index in [1.165, 1.54) is 31.7 Å². The van der Waals surface area contributed by atoms with E-state index in [0.29, 0.717) is 5.56 Å². The van der Waals surface area contributed by atoms with Crippen LogP contribution in [0.2, 0.25) is 0 Å². The second-order valence-corrected chi connectivity index (χ2v) is 6.86. The van der Waals surface area contributed by atoms with Crippen molar-refractivity contribution in [1.29, 1.82) is 0 Å². The largest absolute Gasteiger partial charge is 0.324 e. The molecule has 0 saturated heterocycles. The number of fused-ring (bicyclic) bond motifs is 2. The summed E-state index contributed by atoms with van der Waals surface area (Å²) < 4.78 is 14.7. The summed E-state index contributed by atoms with van der Waals surface area (Å²) in [6.45, 7) is 0. The Morgan fingerprint density at radius 1 is 1.33 bits per heavy atom. The van der Waals surface area contributed by atoms with Gasteiger partial charge < -0.3 is 5.73 Å². The van der Waals surface area contributed by atoms with Crippen LogP contribution in [0.3, 0.4) is 0 Å². The van der Waals surface area contributed by atoms with Gasteiger partial charge in [0.05, 0.1) is 0 Å². The average Bonchev–Trinajstić information content (AvgIpc) is 2.94. The van der Waals surface area contributed by atoms with Crippen LogP contribution < -0.4 is 5.73 Å². The van der Waals surface area contributed by atoms with E-state index in [1.807, 2.05) is 6.07 Å². The zero-order valence-corrected chi connectivity index (χ0v) is 12.0. The molecule has 1 aromatic carbocycles. The fourth-order valence-corrected chi connectivity index (χ4v) is 4.30. The van der Waals surface area contributed by atoms with Crippen molar-refractivity contribution in [3.8, 4) is 0 Å². The first-order valence-electron chi connectivity index (χ1n) is 6.84. The van der Waals surface area contributed by atoms with Gasteiger partial charge in [0, 0.05) is 16.1 Å². The Bertz CT molecular complexity index is 448. The van der Waals surface area contributed by atoms with Crippen molar-refractivity contribution in [3.63, 3.8) is 0 Å². The van der Waals surface area contributed by atoms with Gasteiger partial charge in [0.15, 0.2) is 0 Å². The first-order valence-corrected chi connectivity index (χ1v) is 7.63. The number of hydrogen-bond donors (Lipinski definition) is 1. The molecule has 2 aliphatic rings. The molecule has 2 saturated carbocycles. The van der Waals surface area contributed by atoms with E-state index in [0.717, 1.165) is 28.6 Å². The molecule has 2 aliphatic carbocycles. The van der Waals surface area contributed by atoms with Gasteiger partial charge in [0.2, 0.25) is 0 Å². The number of benzene rings is 1. The quantitative estimate of drug-likeness (QED) is 0.879. The monoisotopic (exact) mass is 311 g/mol. The summed E-state index contributed by atoms with van der Waals surface area (Å²) >= 11 is 3.39. The summed E-state index contributed by atoms with van der Waals surface area (Å²) in [5.41, 5.74) is 6.87. The minimum Gasteiger partial charge on any atom is -0.324 e. The lowest BCUT2D eigenvalue weighted by Gasteiger charge is -2.25. The molecule has 0 aromatic heterocycles. The second-order valence-electron chi connectivity index (χ2n) is 5.94. The highest BCUT2D eigenvalue weighted by molar-refractivity contribution is 9.10. The molecule has 1 aromatic rings. The molecule has 3 heteroatoms. The van der Waals surface area contributed by atoms with Crippen LogP contribution in [0.15, 0.2) is 22.7 Å². The second kappa shape index (κ2) is 4.93. The molecular weight excluding hydrogens is 293 g/mol. The maximum atomic E-state index is 13.8. The van der Waals surface area contributed by atoms with Gasteiger partial charge in [-0.15, -0.1) is 0 Å². The molecule has 0 radical (unpaired) electrons. The normalized spacial score (nSPS) is 31.8. The molecule has 4 atom stereocenters. The van der Waals surface area contributed by atoms with Gasteiger partial charge in [-0.1, -0.05) is 22.4 Å². The first-order chi connectivity index (χ1) is 8.63. The van der Waals surface area contributed by atoms with Crippen LogP contribution in [-0.4, -0.2) is 0 Å². The Kier molecular flexibility index (Phi) is 3.46. The summed E-state index contributed by atoms with van der Waals surface area (Å²) in [4.78, 5) is 0. The van der Waals surface area contributed by atoms with Gasteiger partial charge in [-0.25, -0.2) is 4.39 Å².